The third-order valence-corrected chi connectivity index (χ3v) is 6.12. The summed E-state index contributed by atoms with van der Waals surface area (Å²) in [5, 5.41) is 20.1. The minimum absolute atomic E-state index is 0.199. The SMILES string of the molecule is Fc1cnc(N2[C@@H]3CC[C@H]2C[C@H](n2ncc(COc4ccc(-n5cnnn5)nc4)n2)C3)nc1. The van der Waals surface area contributed by atoms with Crippen molar-refractivity contribution in [2.45, 2.75) is 50.4 Å². The van der Waals surface area contributed by atoms with Crippen LogP contribution in [0, 0.1) is 5.82 Å². The van der Waals surface area contributed by atoms with E-state index in [4.69, 9.17) is 4.74 Å². The summed E-state index contributed by atoms with van der Waals surface area (Å²) in [6, 6.07) is 4.38. The zero-order valence-electron chi connectivity index (χ0n) is 17.5. The van der Waals surface area contributed by atoms with Crippen LogP contribution in [-0.4, -0.2) is 62.2 Å². The van der Waals surface area contributed by atoms with Gasteiger partial charge in [0.15, 0.2) is 11.6 Å². The van der Waals surface area contributed by atoms with Crippen LogP contribution in [0.1, 0.15) is 37.4 Å². The predicted molar refractivity (Wildman–Crippen MR) is 111 cm³/mol. The summed E-state index contributed by atoms with van der Waals surface area (Å²) in [6.07, 6.45) is 11.2. The quantitative estimate of drug-likeness (QED) is 0.428. The van der Waals surface area contributed by atoms with Crippen molar-refractivity contribution in [1.82, 2.24) is 50.2 Å². The van der Waals surface area contributed by atoms with E-state index in [1.807, 2.05) is 0 Å². The van der Waals surface area contributed by atoms with Crippen molar-refractivity contribution in [3.05, 3.63) is 54.8 Å². The third-order valence-electron chi connectivity index (χ3n) is 6.12. The number of halogens is 1. The molecule has 0 amide bonds. The van der Waals surface area contributed by atoms with Gasteiger partial charge in [-0.3, -0.25) is 0 Å². The smallest absolute Gasteiger partial charge is 0.225 e. The lowest BCUT2D eigenvalue weighted by atomic mass is 9.98. The lowest BCUT2D eigenvalue weighted by Gasteiger charge is -2.38. The Kier molecular flexibility index (Phi) is 4.85. The van der Waals surface area contributed by atoms with Crippen molar-refractivity contribution < 1.29 is 9.13 Å². The van der Waals surface area contributed by atoms with Crippen LogP contribution in [0.25, 0.3) is 5.82 Å². The predicted octanol–water partition coefficient (Wildman–Crippen LogP) is 1.53. The highest BCUT2D eigenvalue weighted by Gasteiger charge is 2.43. The number of rotatable bonds is 6. The molecule has 3 atom stereocenters. The molecule has 2 fully saturated rings. The molecule has 0 unspecified atom stereocenters. The number of piperidine rings is 1. The van der Waals surface area contributed by atoms with Gasteiger partial charge in [-0.2, -0.15) is 19.7 Å². The van der Waals surface area contributed by atoms with Gasteiger partial charge < -0.3 is 9.64 Å². The van der Waals surface area contributed by atoms with Gasteiger partial charge in [0.25, 0.3) is 0 Å². The summed E-state index contributed by atoms with van der Waals surface area (Å²) in [6.45, 7) is 0.293. The number of fused-ring (bicyclic) bond motifs is 2. The normalized spacial score (nSPS) is 22.0. The molecule has 0 N–H and O–H groups in total. The van der Waals surface area contributed by atoms with Crippen LogP contribution in [0.4, 0.5) is 10.3 Å². The summed E-state index contributed by atoms with van der Waals surface area (Å²) < 4.78 is 20.5. The number of anilines is 1. The van der Waals surface area contributed by atoms with E-state index in [2.05, 4.69) is 45.6 Å². The van der Waals surface area contributed by atoms with E-state index in [0.29, 0.717) is 36.2 Å². The molecule has 13 heteroatoms. The maximum atomic E-state index is 13.2. The number of hydrogen-bond donors (Lipinski definition) is 0. The van der Waals surface area contributed by atoms with E-state index in [1.165, 1.54) is 23.4 Å². The zero-order chi connectivity index (χ0) is 22.2. The first-order valence-corrected chi connectivity index (χ1v) is 10.7. The van der Waals surface area contributed by atoms with Gasteiger partial charge in [-0.1, -0.05) is 0 Å². The Labute approximate surface area is 187 Å². The van der Waals surface area contributed by atoms with Gasteiger partial charge in [0, 0.05) is 12.1 Å². The fourth-order valence-corrected chi connectivity index (χ4v) is 4.67. The Morgan fingerprint density at radius 3 is 2.48 bits per heavy atom. The summed E-state index contributed by atoms with van der Waals surface area (Å²) in [5.74, 6) is 1.40. The van der Waals surface area contributed by atoms with Gasteiger partial charge in [-0.25, -0.2) is 19.3 Å². The molecular weight excluding hydrogens is 429 g/mol. The molecule has 2 aliphatic rings. The van der Waals surface area contributed by atoms with Crippen molar-refractivity contribution in [3.8, 4) is 11.6 Å². The van der Waals surface area contributed by atoms with Gasteiger partial charge in [-0.15, -0.1) is 5.10 Å². The van der Waals surface area contributed by atoms with Crippen LogP contribution < -0.4 is 9.64 Å². The molecule has 12 nitrogen and oxygen atoms in total. The van der Waals surface area contributed by atoms with Crippen molar-refractivity contribution in [3.63, 3.8) is 0 Å². The zero-order valence-corrected chi connectivity index (χ0v) is 17.5. The number of ether oxygens (including phenoxy) is 1. The Balaban J connectivity index is 1.08. The molecule has 0 radical (unpaired) electrons. The largest absolute Gasteiger partial charge is 0.486 e. The van der Waals surface area contributed by atoms with Crippen molar-refractivity contribution in [2.75, 3.05) is 4.90 Å². The topological polar surface area (TPSA) is 125 Å². The molecular formula is C20H20FN11O. The molecule has 2 bridgehead atoms. The van der Waals surface area contributed by atoms with E-state index in [0.717, 1.165) is 31.4 Å². The highest BCUT2D eigenvalue weighted by atomic mass is 19.1. The Hall–Kier alpha value is -4.03. The number of pyridine rings is 1. The molecule has 6 rings (SSSR count). The molecule has 33 heavy (non-hydrogen) atoms. The molecule has 0 spiro atoms. The minimum atomic E-state index is -0.421. The first-order chi connectivity index (χ1) is 16.2. The number of aromatic nitrogens is 10. The van der Waals surface area contributed by atoms with Gasteiger partial charge >= 0.3 is 0 Å². The second-order valence-electron chi connectivity index (χ2n) is 8.17. The summed E-state index contributed by atoms with van der Waals surface area (Å²) >= 11 is 0. The van der Waals surface area contributed by atoms with E-state index in [-0.39, 0.29) is 6.04 Å². The molecule has 0 saturated carbocycles. The number of hydrogen-bond acceptors (Lipinski definition) is 10. The Bertz CT molecular complexity index is 1200. The number of nitrogens with zero attached hydrogens (tertiary/aromatic N) is 11. The minimum Gasteiger partial charge on any atom is -0.486 e. The van der Waals surface area contributed by atoms with Crippen LogP contribution >= 0.6 is 0 Å². The van der Waals surface area contributed by atoms with Gasteiger partial charge in [0.2, 0.25) is 5.95 Å². The van der Waals surface area contributed by atoms with E-state index in [9.17, 15) is 4.39 Å². The molecule has 2 saturated heterocycles. The van der Waals surface area contributed by atoms with Crippen molar-refractivity contribution in [2.24, 2.45) is 0 Å². The maximum absolute atomic E-state index is 13.2. The van der Waals surface area contributed by atoms with Gasteiger partial charge in [0.1, 0.15) is 24.4 Å². The second kappa shape index (κ2) is 8.15. The average molecular weight is 449 g/mol. The van der Waals surface area contributed by atoms with Crippen LogP contribution in [0.15, 0.2) is 43.2 Å². The molecule has 0 aromatic carbocycles. The van der Waals surface area contributed by atoms with Crippen LogP contribution in [0.3, 0.4) is 0 Å². The highest BCUT2D eigenvalue weighted by Crippen LogP contribution is 2.41. The summed E-state index contributed by atoms with van der Waals surface area (Å²) in [5.41, 5.74) is 0.746. The van der Waals surface area contributed by atoms with Gasteiger partial charge in [0.05, 0.1) is 30.8 Å². The molecule has 2 aliphatic heterocycles. The molecule has 4 aromatic rings. The fraction of sp³-hybridized carbons (Fsp3) is 0.400. The Morgan fingerprint density at radius 2 is 1.79 bits per heavy atom. The van der Waals surface area contributed by atoms with Crippen LogP contribution in [0.5, 0.6) is 5.75 Å². The van der Waals surface area contributed by atoms with Crippen molar-refractivity contribution in [1.29, 1.82) is 0 Å². The van der Waals surface area contributed by atoms with Gasteiger partial charge in [-0.05, 0) is 48.2 Å². The molecule has 6 heterocycles. The monoisotopic (exact) mass is 449 g/mol. The third kappa shape index (κ3) is 3.85. The first-order valence-electron chi connectivity index (χ1n) is 10.7. The lowest BCUT2D eigenvalue weighted by molar-refractivity contribution is 0.275. The highest BCUT2D eigenvalue weighted by molar-refractivity contribution is 5.36. The first kappa shape index (κ1) is 19.6. The van der Waals surface area contributed by atoms with Crippen molar-refractivity contribution >= 4 is 5.95 Å². The standard InChI is InChI=1S/C20H20FN11O/c21-13-7-23-20(24-8-13)31-15-1-2-16(31)6-17(5-15)32-26-9-14(27-32)11-33-18-3-4-19(22-10-18)30-12-25-28-29-30/h3-4,7-10,12,15-17H,1-2,5-6,11H2/t15-,16+,17-. The van der Waals surface area contributed by atoms with Crippen LogP contribution in [-0.2, 0) is 6.61 Å². The Morgan fingerprint density at radius 1 is 0.970 bits per heavy atom. The second-order valence-corrected chi connectivity index (χ2v) is 8.17. The van der Waals surface area contributed by atoms with E-state index >= 15 is 0 Å². The summed E-state index contributed by atoms with van der Waals surface area (Å²) in [4.78, 5) is 16.7. The lowest BCUT2D eigenvalue weighted by Crippen LogP contribution is -2.44. The number of tetrazole rings is 1. The molecule has 4 aromatic heterocycles. The fourth-order valence-electron chi connectivity index (χ4n) is 4.67. The molecule has 168 valence electrons. The van der Waals surface area contributed by atoms with E-state index in [1.54, 1.807) is 29.3 Å². The van der Waals surface area contributed by atoms with Crippen LogP contribution in [0.2, 0.25) is 0 Å². The average Bonchev–Trinajstić information content (AvgIpc) is 3.59. The summed E-state index contributed by atoms with van der Waals surface area (Å²) in [7, 11) is 0. The molecule has 0 aliphatic carbocycles. The van der Waals surface area contributed by atoms with E-state index < -0.39 is 5.82 Å². The maximum Gasteiger partial charge on any atom is 0.225 e.